The number of aliphatic hydroxyl groups is 1. The summed E-state index contributed by atoms with van der Waals surface area (Å²) in [7, 11) is 0. The van der Waals surface area contributed by atoms with E-state index in [0.29, 0.717) is 13.0 Å². The van der Waals surface area contributed by atoms with Gasteiger partial charge in [0.05, 0.1) is 6.10 Å². The van der Waals surface area contributed by atoms with E-state index in [1.807, 2.05) is 18.2 Å². The van der Waals surface area contributed by atoms with Crippen molar-refractivity contribution < 1.29 is 14.6 Å². The van der Waals surface area contributed by atoms with Gasteiger partial charge in [0.1, 0.15) is 24.0 Å². The first kappa shape index (κ1) is 14.3. The van der Waals surface area contributed by atoms with Gasteiger partial charge in [0.2, 0.25) is 0 Å². The second kappa shape index (κ2) is 4.61. The van der Waals surface area contributed by atoms with Crippen molar-refractivity contribution in [3.05, 3.63) is 28.2 Å². The van der Waals surface area contributed by atoms with E-state index in [4.69, 9.17) is 20.2 Å². The van der Waals surface area contributed by atoms with Crippen molar-refractivity contribution in [3.63, 3.8) is 0 Å². The van der Waals surface area contributed by atoms with Gasteiger partial charge in [-0.05, 0) is 37.5 Å². The highest BCUT2D eigenvalue weighted by atomic mass is 79.9. The van der Waals surface area contributed by atoms with Gasteiger partial charge in [-0.1, -0.05) is 22.9 Å². The van der Waals surface area contributed by atoms with E-state index in [1.165, 1.54) is 0 Å². The van der Waals surface area contributed by atoms with Crippen LogP contribution in [0.3, 0.4) is 0 Å². The second-order valence-corrected chi connectivity index (χ2v) is 7.61. The number of hydrogen-bond acceptors (Lipinski definition) is 5. The molecule has 2 aliphatic heterocycles. The van der Waals surface area contributed by atoms with Gasteiger partial charge in [0, 0.05) is 15.5 Å². The Bertz CT molecular complexity index is 665. The molecular formula is C16H19BrN2O3. The maximum atomic E-state index is 10.2. The molecule has 3 N–H and O–H groups in total. The zero-order chi connectivity index (χ0) is 15.5. The fraction of sp³-hybridized carbons (Fsp3) is 0.562. The number of fused-ring (bicyclic) bond motifs is 4. The molecule has 1 aromatic rings. The number of aliphatic imine (C=N–C) groups is 1. The quantitative estimate of drug-likeness (QED) is 0.738. The molecule has 4 rings (SSSR count). The Hall–Kier alpha value is -1.27. The van der Waals surface area contributed by atoms with Crippen LogP contribution in [0.4, 0.5) is 0 Å². The molecule has 1 aliphatic carbocycles. The van der Waals surface area contributed by atoms with Crippen LogP contribution in [0.25, 0.3) is 0 Å². The lowest BCUT2D eigenvalue weighted by molar-refractivity contribution is -0.101. The lowest BCUT2D eigenvalue weighted by Gasteiger charge is -2.54. The van der Waals surface area contributed by atoms with Crippen molar-refractivity contribution >= 4 is 22.0 Å². The zero-order valence-corrected chi connectivity index (χ0v) is 14.0. The molecule has 3 aliphatic rings. The first-order valence-electron chi connectivity index (χ1n) is 7.57. The molecule has 0 aromatic heterocycles. The number of amidine groups is 1. The standard InChI is InChI=1S/C16H19BrN2O3/c1-15-7-10(20)3-5-13(15)22-12-4-2-9(17)6-11(12)16(15)8-21-14(18)19-16/h2,4,6,10,13,20H,3,5,7-8H2,1H3,(H2,18,19)/t10?,13-,15?,16?/m0/s1. The molecule has 1 fully saturated rings. The van der Waals surface area contributed by atoms with Gasteiger partial charge in [0.25, 0.3) is 6.02 Å². The van der Waals surface area contributed by atoms with Crippen LogP contribution < -0.4 is 10.5 Å². The molecular weight excluding hydrogens is 348 g/mol. The van der Waals surface area contributed by atoms with Crippen molar-refractivity contribution in [1.29, 1.82) is 0 Å². The monoisotopic (exact) mass is 366 g/mol. The van der Waals surface area contributed by atoms with Crippen molar-refractivity contribution in [2.24, 2.45) is 16.1 Å². The van der Waals surface area contributed by atoms with E-state index in [2.05, 4.69) is 22.9 Å². The fourth-order valence-corrected chi connectivity index (χ4v) is 4.62. The molecule has 0 radical (unpaired) electrons. The summed E-state index contributed by atoms with van der Waals surface area (Å²) < 4.78 is 12.8. The third-order valence-corrected chi connectivity index (χ3v) is 5.96. The minimum atomic E-state index is -0.597. The maximum Gasteiger partial charge on any atom is 0.283 e. The first-order valence-corrected chi connectivity index (χ1v) is 8.37. The summed E-state index contributed by atoms with van der Waals surface area (Å²) in [6.45, 7) is 2.53. The average Bonchev–Trinajstić information content (AvgIpc) is 2.86. The zero-order valence-electron chi connectivity index (χ0n) is 12.4. The molecule has 1 spiro atoms. The van der Waals surface area contributed by atoms with Gasteiger partial charge < -0.3 is 20.3 Å². The van der Waals surface area contributed by atoms with Crippen molar-refractivity contribution in [2.45, 2.75) is 43.9 Å². The summed E-state index contributed by atoms with van der Waals surface area (Å²) in [5.41, 5.74) is 5.90. The van der Waals surface area contributed by atoms with E-state index >= 15 is 0 Å². The Morgan fingerprint density at radius 3 is 2.95 bits per heavy atom. The summed E-state index contributed by atoms with van der Waals surface area (Å²) >= 11 is 3.53. The molecule has 3 unspecified atom stereocenters. The van der Waals surface area contributed by atoms with Gasteiger partial charge in [0.15, 0.2) is 0 Å². The second-order valence-electron chi connectivity index (χ2n) is 6.70. The number of nitrogens with two attached hydrogens (primary N) is 1. The van der Waals surface area contributed by atoms with Gasteiger partial charge >= 0.3 is 0 Å². The predicted octanol–water partition coefficient (Wildman–Crippen LogP) is 2.30. The van der Waals surface area contributed by atoms with Gasteiger partial charge in [-0.15, -0.1) is 0 Å². The Morgan fingerprint density at radius 2 is 2.23 bits per heavy atom. The Balaban J connectivity index is 1.95. The van der Waals surface area contributed by atoms with Crippen LogP contribution in [-0.4, -0.2) is 29.9 Å². The Morgan fingerprint density at radius 1 is 1.41 bits per heavy atom. The minimum Gasteiger partial charge on any atom is -0.489 e. The van der Waals surface area contributed by atoms with E-state index in [-0.39, 0.29) is 23.6 Å². The Labute approximate surface area is 137 Å². The maximum absolute atomic E-state index is 10.2. The van der Waals surface area contributed by atoms with Crippen LogP contribution in [0.2, 0.25) is 0 Å². The lowest BCUT2D eigenvalue weighted by atomic mass is 9.57. The highest BCUT2D eigenvalue weighted by Gasteiger charge is 2.63. The molecule has 0 saturated heterocycles. The normalized spacial score (nSPS) is 39.5. The number of ether oxygens (including phenoxy) is 2. The molecule has 4 atom stereocenters. The molecule has 0 bridgehead atoms. The van der Waals surface area contributed by atoms with Gasteiger partial charge in [-0.25, -0.2) is 4.99 Å². The molecule has 118 valence electrons. The van der Waals surface area contributed by atoms with Crippen LogP contribution >= 0.6 is 15.9 Å². The molecule has 0 amide bonds. The number of rotatable bonds is 0. The van der Waals surface area contributed by atoms with Gasteiger partial charge in [-0.3, -0.25) is 0 Å². The third-order valence-electron chi connectivity index (χ3n) is 5.46. The number of hydrogen-bond donors (Lipinski definition) is 2. The lowest BCUT2D eigenvalue weighted by Crippen LogP contribution is -2.59. The van der Waals surface area contributed by atoms with Crippen LogP contribution in [0.1, 0.15) is 31.7 Å². The van der Waals surface area contributed by atoms with E-state index in [1.54, 1.807) is 0 Å². The summed E-state index contributed by atoms with van der Waals surface area (Å²) in [5.74, 6) is 0.837. The van der Waals surface area contributed by atoms with Crippen molar-refractivity contribution in [1.82, 2.24) is 0 Å². The van der Waals surface area contributed by atoms with Crippen molar-refractivity contribution in [3.8, 4) is 5.75 Å². The summed E-state index contributed by atoms with van der Waals surface area (Å²) in [6.07, 6.45) is 1.85. The predicted molar refractivity (Wildman–Crippen MR) is 85.8 cm³/mol. The summed E-state index contributed by atoms with van der Waals surface area (Å²) in [4.78, 5) is 4.71. The topological polar surface area (TPSA) is 77.1 Å². The molecule has 2 heterocycles. The van der Waals surface area contributed by atoms with Crippen LogP contribution in [0, 0.1) is 5.41 Å². The number of benzene rings is 1. The first-order chi connectivity index (χ1) is 10.4. The molecule has 22 heavy (non-hydrogen) atoms. The van der Waals surface area contributed by atoms with Crippen LogP contribution in [0.15, 0.2) is 27.7 Å². The molecule has 5 nitrogen and oxygen atoms in total. The van der Waals surface area contributed by atoms with Crippen LogP contribution in [-0.2, 0) is 10.3 Å². The summed E-state index contributed by atoms with van der Waals surface area (Å²) in [5, 5.41) is 10.2. The molecule has 6 heteroatoms. The van der Waals surface area contributed by atoms with Crippen molar-refractivity contribution in [2.75, 3.05) is 6.61 Å². The third kappa shape index (κ3) is 1.77. The highest BCUT2D eigenvalue weighted by molar-refractivity contribution is 9.10. The highest BCUT2D eigenvalue weighted by Crippen LogP contribution is 2.59. The van der Waals surface area contributed by atoms with Gasteiger partial charge in [-0.2, -0.15) is 0 Å². The van der Waals surface area contributed by atoms with E-state index in [0.717, 1.165) is 28.6 Å². The number of nitrogens with zero attached hydrogens (tertiary/aromatic N) is 1. The van der Waals surface area contributed by atoms with Crippen LogP contribution in [0.5, 0.6) is 5.75 Å². The Kier molecular flexibility index (Phi) is 3.01. The largest absolute Gasteiger partial charge is 0.489 e. The average molecular weight is 367 g/mol. The summed E-state index contributed by atoms with van der Waals surface area (Å²) in [6, 6.07) is 6.18. The minimum absolute atomic E-state index is 0.00262. The number of halogens is 1. The van der Waals surface area contributed by atoms with E-state index in [9.17, 15) is 5.11 Å². The SMILES string of the molecule is CC12CC(O)CC[C@@H]1Oc1ccc(Br)cc1C21COC(N)=N1. The molecule has 1 saturated carbocycles. The van der Waals surface area contributed by atoms with E-state index < -0.39 is 5.54 Å². The molecule has 1 aromatic carbocycles. The number of aliphatic hydroxyl groups excluding tert-OH is 1. The smallest absolute Gasteiger partial charge is 0.283 e. The fourth-order valence-electron chi connectivity index (χ4n) is 4.26.